The molecule has 6 heteroatoms. The number of carbonyl (C=O) groups excluding carboxylic acids is 2. The van der Waals surface area contributed by atoms with E-state index in [0.717, 1.165) is 33.4 Å². The van der Waals surface area contributed by atoms with E-state index in [4.69, 9.17) is 14.2 Å². The van der Waals surface area contributed by atoms with E-state index in [1.807, 2.05) is 106 Å². The molecule has 0 aliphatic heterocycles. The van der Waals surface area contributed by atoms with E-state index in [1.54, 1.807) is 0 Å². The second-order valence-corrected chi connectivity index (χ2v) is 11.5. The molecule has 1 aliphatic rings. The lowest BCUT2D eigenvalue weighted by Crippen LogP contribution is -2.42. The molecule has 5 rings (SSSR count). The van der Waals surface area contributed by atoms with Crippen LogP contribution in [0.1, 0.15) is 61.5 Å². The van der Waals surface area contributed by atoms with Gasteiger partial charge < -0.3 is 19.5 Å². The molecule has 0 radical (unpaired) electrons. The number of nitrogens with one attached hydrogen (secondary N) is 1. The van der Waals surface area contributed by atoms with Gasteiger partial charge in [-0.3, -0.25) is 4.79 Å². The Morgan fingerprint density at radius 1 is 0.738 bits per heavy atom. The van der Waals surface area contributed by atoms with Crippen LogP contribution in [0.15, 0.2) is 109 Å². The van der Waals surface area contributed by atoms with E-state index in [0.29, 0.717) is 0 Å². The van der Waals surface area contributed by atoms with Crippen LogP contribution >= 0.6 is 0 Å². The number of alkyl carbamates (subject to hydrolysis) is 1. The minimum Gasteiger partial charge on any atom is -0.460 e. The quantitative estimate of drug-likeness (QED) is 0.203. The van der Waals surface area contributed by atoms with Crippen LogP contribution in [0, 0.1) is 0 Å². The number of rotatable bonds is 10. The van der Waals surface area contributed by atoms with Crippen molar-refractivity contribution < 1.29 is 23.8 Å². The minimum absolute atomic E-state index is 0.0578. The highest BCUT2D eigenvalue weighted by molar-refractivity contribution is 5.79. The highest BCUT2D eigenvalue weighted by Crippen LogP contribution is 2.44. The summed E-state index contributed by atoms with van der Waals surface area (Å²) in [7, 11) is 0. The number of fused-ring (bicyclic) bond motifs is 3. The van der Waals surface area contributed by atoms with Crippen molar-refractivity contribution in [1.82, 2.24) is 5.32 Å². The molecule has 42 heavy (non-hydrogen) atoms. The molecule has 1 atom stereocenters. The van der Waals surface area contributed by atoms with Crippen LogP contribution in [-0.4, -0.2) is 36.9 Å². The van der Waals surface area contributed by atoms with Crippen LogP contribution in [0.25, 0.3) is 11.1 Å². The zero-order valence-corrected chi connectivity index (χ0v) is 24.3. The van der Waals surface area contributed by atoms with Crippen molar-refractivity contribution >= 4 is 12.1 Å². The average molecular weight is 564 g/mol. The van der Waals surface area contributed by atoms with Crippen LogP contribution in [0.4, 0.5) is 4.79 Å². The molecule has 0 fully saturated rings. The molecule has 0 saturated heterocycles. The predicted octanol–water partition coefficient (Wildman–Crippen LogP) is 7.43. The van der Waals surface area contributed by atoms with Gasteiger partial charge in [-0.2, -0.15) is 0 Å². The third kappa shape index (κ3) is 7.25. The fourth-order valence-corrected chi connectivity index (χ4v) is 5.40. The fourth-order valence-electron chi connectivity index (χ4n) is 5.40. The summed E-state index contributed by atoms with van der Waals surface area (Å²) in [6.45, 7) is 5.71. The lowest BCUT2D eigenvalue weighted by molar-refractivity contribution is -0.155. The first-order valence-electron chi connectivity index (χ1n) is 14.3. The third-order valence-electron chi connectivity index (χ3n) is 7.17. The van der Waals surface area contributed by atoms with Crippen molar-refractivity contribution in [2.24, 2.45) is 0 Å². The van der Waals surface area contributed by atoms with E-state index in [-0.39, 0.29) is 31.7 Å². The Morgan fingerprint density at radius 2 is 1.24 bits per heavy atom. The second-order valence-electron chi connectivity index (χ2n) is 11.5. The molecule has 216 valence electrons. The predicted molar refractivity (Wildman–Crippen MR) is 163 cm³/mol. The SMILES string of the molecule is CC(C)(C)OC(=O)C[C@@H](COC(c1ccccc1)c1ccccc1)NC(=O)OCC1c2ccccc2-c2ccccc21. The maximum atomic E-state index is 13.1. The Bertz CT molecular complexity index is 1410. The largest absolute Gasteiger partial charge is 0.460 e. The van der Waals surface area contributed by atoms with E-state index in [2.05, 4.69) is 29.6 Å². The van der Waals surface area contributed by atoms with Crippen LogP contribution in [0.3, 0.4) is 0 Å². The summed E-state index contributed by atoms with van der Waals surface area (Å²) in [6.07, 6.45) is -1.04. The Labute approximate surface area is 247 Å². The third-order valence-corrected chi connectivity index (χ3v) is 7.17. The number of carbonyl (C=O) groups is 2. The maximum absolute atomic E-state index is 13.1. The summed E-state index contributed by atoms with van der Waals surface area (Å²) in [6, 6.07) is 35.5. The lowest BCUT2D eigenvalue weighted by Gasteiger charge is -2.25. The second kappa shape index (κ2) is 13.0. The van der Waals surface area contributed by atoms with Gasteiger partial charge in [0.1, 0.15) is 18.3 Å². The molecule has 1 N–H and O–H groups in total. The molecule has 0 bridgehead atoms. The molecular formula is C36H37NO5. The Morgan fingerprint density at radius 3 is 1.76 bits per heavy atom. The Kier molecular flexibility index (Phi) is 9.03. The van der Waals surface area contributed by atoms with E-state index >= 15 is 0 Å². The van der Waals surface area contributed by atoms with Crippen LogP contribution in [0.5, 0.6) is 0 Å². The highest BCUT2D eigenvalue weighted by Gasteiger charge is 2.30. The lowest BCUT2D eigenvalue weighted by atomic mass is 9.98. The average Bonchev–Trinajstić information content (AvgIpc) is 3.30. The van der Waals surface area contributed by atoms with Gasteiger partial charge in [0.15, 0.2) is 0 Å². The molecule has 4 aromatic rings. The van der Waals surface area contributed by atoms with Crippen molar-refractivity contribution in [3.05, 3.63) is 131 Å². The molecule has 0 heterocycles. The van der Waals surface area contributed by atoms with Gasteiger partial charge in [0.25, 0.3) is 0 Å². The minimum atomic E-state index is -0.662. The molecule has 0 spiro atoms. The first kappa shape index (κ1) is 29.1. The van der Waals surface area contributed by atoms with Gasteiger partial charge in [0, 0.05) is 5.92 Å². The molecule has 1 aliphatic carbocycles. The van der Waals surface area contributed by atoms with Gasteiger partial charge in [-0.25, -0.2) is 4.79 Å². The molecule has 0 saturated carbocycles. The Balaban J connectivity index is 1.29. The normalized spacial score (nSPS) is 13.2. The number of hydrogen-bond acceptors (Lipinski definition) is 5. The highest BCUT2D eigenvalue weighted by atomic mass is 16.6. The maximum Gasteiger partial charge on any atom is 0.407 e. The van der Waals surface area contributed by atoms with Gasteiger partial charge in [-0.05, 0) is 54.2 Å². The van der Waals surface area contributed by atoms with Crippen LogP contribution in [0.2, 0.25) is 0 Å². The summed E-state index contributed by atoms with van der Waals surface area (Å²) in [5.74, 6) is -0.490. The molecule has 0 unspecified atom stereocenters. The van der Waals surface area contributed by atoms with Gasteiger partial charge in [0.2, 0.25) is 0 Å². The summed E-state index contributed by atoms with van der Waals surface area (Å²) < 4.78 is 17.7. The molecular weight excluding hydrogens is 526 g/mol. The summed E-state index contributed by atoms with van der Waals surface area (Å²) >= 11 is 0. The van der Waals surface area contributed by atoms with E-state index in [1.165, 1.54) is 0 Å². The topological polar surface area (TPSA) is 73.9 Å². The number of benzene rings is 4. The molecule has 6 nitrogen and oxygen atoms in total. The van der Waals surface area contributed by atoms with Crippen LogP contribution in [-0.2, 0) is 19.0 Å². The first-order chi connectivity index (χ1) is 20.3. The number of amides is 1. The Hall–Kier alpha value is -4.42. The fraction of sp³-hybridized carbons (Fsp3) is 0.278. The van der Waals surface area contributed by atoms with E-state index in [9.17, 15) is 9.59 Å². The van der Waals surface area contributed by atoms with Crippen LogP contribution < -0.4 is 5.32 Å². The van der Waals surface area contributed by atoms with Crippen molar-refractivity contribution in [1.29, 1.82) is 0 Å². The van der Waals surface area contributed by atoms with Crippen molar-refractivity contribution in [3.63, 3.8) is 0 Å². The molecule has 0 aromatic heterocycles. The number of ether oxygens (including phenoxy) is 3. The molecule has 1 amide bonds. The van der Waals surface area contributed by atoms with Gasteiger partial charge in [0.05, 0.1) is 19.1 Å². The van der Waals surface area contributed by atoms with Gasteiger partial charge in [-0.15, -0.1) is 0 Å². The summed E-state index contributed by atoms with van der Waals surface area (Å²) in [5, 5.41) is 2.88. The number of hydrogen-bond donors (Lipinski definition) is 1. The zero-order valence-electron chi connectivity index (χ0n) is 24.3. The number of esters is 1. The smallest absolute Gasteiger partial charge is 0.407 e. The van der Waals surface area contributed by atoms with Gasteiger partial charge >= 0.3 is 12.1 Å². The first-order valence-corrected chi connectivity index (χ1v) is 14.3. The van der Waals surface area contributed by atoms with Gasteiger partial charge in [-0.1, -0.05) is 109 Å². The summed E-state index contributed by atoms with van der Waals surface area (Å²) in [4.78, 5) is 26.0. The summed E-state index contributed by atoms with van der Waals surface area (Å²) in [5.41, 5.74) is 5.88. The van der Waals surface area contributed by atoms with E-state index < -0.39 is 23.7 Å². The molecule has 4 aromatic carbocycles. The van der Waals surface area contributed by atoms with Crippen molar-refractivity contribution in [2.45, 2.75) is 50.9 Å². The monoisotopic (exact) mass is 563 g/mol. The van der Waals surface area contributed by atoms with Crippen molar-refractivity contribution in [3.8, 4) is 11.1 Å². The standard InChI is InChI=1S/C36H37NO5/c1-36(2,3)42-33(38)22-27(23-40-34(25-14-6-4-7-15-25)26-16-8-5-9-17-26)37-35(39)41-24-32-30-20-12-10-18-28(30)29-19-11-13-21-31(29)32/h4-21,27,32,34H,22-24H2,1-3H3,(H,37,39)/t27-/m0/s1. The zero-order chi connectivity index (χ0) is 29.5. The van der Waals surface area contributed by atoms with Crippen molar-refractivity contribution in [2.75, 3.05) is 13.2 Å².